The van der Waals surface area contributed by atoms with Gasteiger partial charge in [0.2, 0.25) is 0 Å². The lowest BCUT2D eigenvalue weighted by Gasteiger charge is -2.05. The Morgan fingerprint density at radius 3 is 2.14 bits per heavy atom. The van der Waals surface area contributed by atoms with Gasteiger partial charge in [-0.25, -0.2) is 0 Å². The molecule has 0 radical (unpaired) electrons. The van der Waals surface area contributed by atoms with Gasteiger partial charge in [-0.3, -0.25) is 9.59 Å². The van der Waals surface area contributed by atoms with Crippen LogP contribution in [0.3, 0.4) is 0 Å². The molecule has 0 saturated carbocycles. The van der Waals surface area contributed by atoms with E-state index in [1.54, 1.807) is 0 Å². The summed E-state index contributed by atoms with van der Waals surface area (Å²) in [4.78, 5) is 22.8. The van der Waals surface area contributed by atoms with Gasteiger partial charge in [0.25, 0.3) is 0 Å². The molecule has 0 N–H and O–H groups in total. The summed E-state index contributed by atoms with van der Waals surface area (Å²) in [5, 5.41) is 0. The zero-order valence-corrected chi connectivity index (χ0v) is 12.7. The van der Waals surface area contributed by atoms with Crippen LogP contribution in [0.25, 0.3) is 0 Å². The highest BCUT2D eigenvalue weighted by molar-refractivity contribution is 5.72. The number of hydrogen-bond donors (Lipinski definition) is 0. The van der Waals surface area contributed by atoms with Crippen molar-refractivity contribution in [3.8, 4) is 0 Å². The second kappa shape index (κ2) is 10.9. The number of carbonyl (C=O) groups excluding carboxylic acids is 2. The molecule has 21 heavy (non-hydrogen) atoms. The average molecular weight is 292 g/mol. The van der Waals surface area contributed by atoms with E-state index in [1.807, 2.05) is 37.3 Å². The molecule has 1 aromatic rings. The van der Waals surface area contributed by atoms with Gasteiger partial charge >= 0.3 is 11.9 Å². The van der Waals surface area contributed by atoms with Crippen molar-refractivity contribution in [2.45, 2.75) is 45.4 Å². The molecule has 0 spiro atoms. The second-order valence-corrected chi connectivity index (χ2v) is 4.88. The molecular formula is C17H24O4. The Labute approximate surface area is 126 Å². The lowest BCUT2D eigenvalue weighted by molar-refractivity contribution is -0.145. The predicted octanol–water partition coefficient (Wildman–Crippen LogP) is 3.29. The highest BCUT2D eigenvalue weighted by atomic mass is 16.5. The quantitative estimate of drug-likeness (QED) is 0.490. The minimum atomic E-state index is -0.257. The number of carbonyl (C=O) groups is 2. The fraction of sp³-hybridized carbons (Fsp3) is 0.529. The lowest BCUT2D eigenvalue weighted by atomic mass is 10.2. The Morgan fingerprint density at radius 2 is 1.52 bits per heavy atom. The van der Waals surface area contributed by atoms with Crippen LogP contribution in [0.2, 0.25) is 0 Å². The smallest absolute Gasteiger partial charge is 0.305 e. The summed E-state index contributed by atoms with van der Waals surface area (Å²) in [6, 6.07) is 9.87. The molecular weight excluding hydrogens is 268 g/mol. The number of ether oxygens (including phenoxy) is 2. The summed E-state index contributed by atoms with van der Waals surface area (Å²) >= 11 is 0. The van der Waals surface area contributed by atoms with E-state index in [9.17, 15) is 9.59 Å². The molecule has 4 nitrogen and oxygen atoms in total. The van der Waals surface area contributed by atoms with Crippen molar-refractivity contribution in [3.05, 3.63) is 35.9 Å². The molecule has 0 aromatic heterocycles. The molecule has 0 aliphatic heterocycles. The first-order chi connectivity index (χ1) is 10.2. The number of rotatable bonds is 10. The molecule has 116 valence electrons. The Hall–Kier alpha value is -1.84. The monoisotopic (exact) mass is 292 g/mol. The minimum absolute atomic E-state index is 0.236. The van der Waals surface area contributed by atoms with Crippen LogP contribution in [0.5, 0.6) is 0 Å². The van der Waals surface area contributed by atoms with Crippen molar-refractivity contribution in [1.29, 1.82) is 0 Å². The normalized spacial score (nSPS) is 10.1. The van der Waals surface area contributed by atoms with E-state index < -0.39 is 0 Å². The van der Waals surface area contributed by atoms with Crippen LogP contribution in [0.15, 0.2) is 30.3 Å². The highest BCUT2D eigenvalue weighted by Crippen LogP contribution is 2.03. The Balaban J connectivity index is 2.02. The third-order valence-corrected chi connectivity index (χ3v) is 3.02. The number of unbranched alkanes of at least 4 members (excludes halogenated alkanes) is 1. The highest BCUT2D eigenvalue weighted by Gasteiger charge is 2.07. The summed E-state index contributed by atoms with van der Waals surface area (Å²) < 4.78 is 10.1. The van der Waals surface area contributed by atoms with E-state index in [0.717, 1.165) is 18.4 Å². The van der Waals surface area contributed by atoms with E-state index in [2.05, 4.69) is 0 Å². The Bertz CT molecular complexity index is 414. The van der Waals surface area contributed by atoms with Crippen molar-refractivity contribution >= 4 is 11.9 Å². The molecule has 0 aliphatic rings. The first-order valence-corrected chi connectivity index (χ1v) is 7.57. The molecule has 0 saturated heterocycles. The number of hydrogen-bond acceptors (Lipinski definition) is 4. The van der Waals surface area contributed by atoms with Crippen molar-refractivity contribution in [2.24, 2.45) is 0 Å². The summed E-state index contributed by atoms with van der Waals surface area (Å²) in [7, 11) is 0. The summed E-state index contributed by atoms with van der Waals surface area (Å²) in [5.41, 5.74) is 1.14. The largest absolute Gasteiger partial charge is 0.466 e. The van der Waals surface area contributed by atoms with Crippen LogP contribution >= 0.6 is 0 Å². The van der Waals surface area contributed by atoms with E-state index in [1.165, 1.54) is 0 Å². The fourth-order valence-corrected chi connectivity index (χ4v) is 1.78. The van der Waals surface area contributed by atoms with Crippen molar-refractivity contribution < 1.29 is 19.1 Å². The van der Waals surface area contributed by atoms with Crippen LogP contribution in [0.4, 0.5) is 0 Å². The maximum atomic E-state index is 11.5. The van der Waals surface area contributed by atoms with Crippen LogP contribution in [-0.2, 0) is 25.5 Å². The maximum absolute atomic E-state index is 11.5. The molecule has 1 rings (SSSR count). The molecule has 0 heterocycles. The Kier molecular flexibility index (Phi) is 8.93. The molecule has 1 aromatic carbocycles. The molecule has 0 fully saturated rings. The van der Waals surface area contributed by atoms with Gasteiger partial charge in [0.15, 0.2) is 0 Å². The van der Waals surface area contributed by atoms with Gasteiger partial charge in [-0.2, -0.15) is 0 Å². The summed E-state index contributed by atoms with van der Waals surface area (Å²) in [6.45, 7) is 2.89. The van der Waals surface area contributed by atoms with Gasteiger partial charge in [0, 0.05) is 19.3 Å². The first kappa shape index (κ1) is 17.2. The third kappa shape index (κ3) is 8.84. The van der Waals surface area contributed by atoms with Gasteiger partial charge in [0.1, 0.15) is 0 Å². The van der Waals surface area contributed by atoms with E-state index in [4.69, 9.17) is 9.47 Å². The predicted molar refractivity (Wildman–Crippen MR) is 80.8 cm³/mol. The maximum Gasteiger partial charge on any atom is 0.305 e. The topological polar surface area (TPSA) is 52.6 Å². The van der Waals surface area contributed by atoms with Crippen molar-refractivity contribution in [1.82, 2.24) is 0 Å². The van der Waals surface area contributed by atoms with Gasteiger partial charge in [0.05, 0.1) is 13.2 Å². The Morgan fingerprint density at radius 1 is 0.905 bits per heavy atom. The molecule has 0 aliphatic carbocycles. The van der Waals surface area contributed by atoms with Gasteiger partial charge < -0.3 is 9.47 Å². The van der Waals surface area contributed by atoms with Crippen molar-refractivity contribution in [2.75, 3.05) is 13.2 Å². The van der Waals surface area contributed by atoms with Crippen LogP contribution in [0, 0.1) is 0 Å². The molecule has 4 heteroatoms. The summed E-state index contributed by atoms with van der Waals surface area (Å²) in [5.74, 6) is -0.493. The zero-order chi connectivity index (χ0) is 15.3. The van der Waals surface area contributed by atoms with E-state index >= 15 is 0 Å². The van der Waals surface area contributed by atoms with E-state index in [0.29, 0.717) is 26.1 Å². The SMILES string of the molecule is CCCCOC(=O)CCCC(=O)OCCc1ccccc1. The standard InChI is InChI=1S/C17H24O4/c1-2-3-13-20-16(18)10-7-11-17(19)21-14-12-15-8-5-4-6-9-15/h4-6,8-9H,2-3,7,10-14H2,1H3. The molecule has 0 bridgehead atoms. The summed E-state index contributed by atoms with van der Waals surface area (Å²) in [6.07, 6.45) is 3.62. The molecule has 0 atom stereocenters. The van der Waals surface area contributed by atoms with Gasteiger partial charge in [-0.15, -0.1) is 0 Å². The second-order valence-electron chi connectivity index (χ2n) is 4.88. The van der Waals surface area contributed by atoms with Gasteiger partial charge in [-0.1, -0.05) is 43.7 Å². The van der Waals surface area contributed by atoms with Crippen LogP contribution < -0.4 is 0 Å². The molecule has 0 unspecified atom stereocenters. The third-order valence-electron chi connectivity index (χ3n) is 3.02. The van der Waals surface area contributed by atoms with Crippen LogP contribution in [0.1, 0.15) is 44.6 Å². The lowest BCUT2D eigenvalue weighted by Crippen LogP contribution is -2.10. The molecule has 0 amide bonds. The van der Waals surface area contributed by atoms with Gasteiger partial charge in [-0.05, 0) is 18.4 Å². The van der Waals surface area contributed by atoms with E-state index in [-0.39, 0.29) is 24.8 Å². The van der Waals surface area contributed by atoms with Crippen LogP contribution in [-0.4, -0.2) is 25.2 Å². The van der Waals surface area contributed by atoms with Crippen molar-refractivity contribution in [3.63, 3.8) is 0 Å². The first-order valence-electron chi connectivity index (χ1n) is 7.57. The number of esters is 2. The zero-order valence-electron chi connectivity index (χ0n) is 12.7. The number of benzene rings is 1. The fourth-order valence-electron chi connectivity index (χ4n) is 1.78. The minimum Gasteiger partial charge on any atom is -0.466 e. The average Bonchev–Trinajstić information content (AvgIpc) is 2.48.